The minimum absolute atomic E-state index is 0.0452. The molecule has 15 heavy (non-hydrogen) atoms. The van der Waals surface area contributed by atoms with Gasteiger partial charge in [-0.1, -0.05) is 38.1 Å². The Kier molecular flexibility index (Phi) is 4.30. The van der Waals surface area contributed by atoms with Gasteiger partial charge in [-0.2, -0.15) is 0 Å². The molecule has 2 atom stereocenters. The van der Waals surface area contributed by atoms with Crippen LogP contribution in [0.3, 0.4) is 0 Å². The zero-order valence-electron chi connectivity index (χ0n) is 10.0. The number of benzene rings is 1. The largest absolute Gasteiger partial charge is 0.380 e. The van der Waals surface area contributed by atoms with E-state index in [1.807, 2.05) is 6.92 Å². The zero-order valence-corrected chi connectivity index (χ0v) is 10.0. The van der Waals surface area contributed by atoms with Gasteiger partial charge in [0.25, 0.3) is 0 Å². The molecule has 0 aliphatic carbocycles. The zero-order chi connectivity index (χ0) is 11.4. The van der Waals surface area contributed by atoms with E-state index in [1.165, 1.54) is 5.56 Å². The van der Waals surface area contributed by atoms with E-state index in [9.17, 15) is 0 Å². The summed E-state index contributed by atoms with van der Waals surface area (Å²) in [6, 6.07) is 8.42. The van der Waals surface area contributed by atoms with Crippen LogP contribution in [0.5, 0.6) is 0 Å². The van der Waals surface area contributed by atoms with Crippen LogP contribution in [-0.4, -0.2) is 13.2 Å². The van der Waals surface area contributed by atoms with Gasteiger partial charge in [-0.25, -0.2) is 0 Å². The van der Waals surface area contributed by atoms with Crippen molar-refractivity contribution >= 4 is 0 Å². The van der Waals surface area contributed by atoms with Crippen LogP contribution in [0.25, 0.3) is 0 Å². The maximum atomic E-state index is 6.05. The van der Waals surface area contributed by atoms with E-state index >= 15 is 0 Å². The summed E-state index contributed by atoms with van der Waals surface area (Å²) in [7, 11) is 1.69. The highest BCUT2D eigenvalue weighted by Crippen LogP contribution is 2.20. The van der Waals surface area contributed by atoms with Gasteiger partial charge < -0.3 is 10.5 Å². The first-order valence-corrected chi connectivity index (χ1v) is 5.44. The highest BCUT2D eigenvalue weighted by Gasteiger charge is 2.13. The van der Waals surface area contributed by atoms with E-state index in [0.717, 1.165) is 5.56 Å². The second-order valence-electron chi connectivity index (χ2n) is 4.29. The van der Waals surface area contributed by atoms with Crippen molar-refractivity contribution in [2.75, 3.05) is 7.11 Å². The molecule has 1 aromatic rings. The van der Waals surface area contributed by atoms with Gasteiger partial charge in [-0.15, -0.1) is 0 Å². The van der Waals surface area contributed by atoms with E-state index in [2.05, 4.69) is 38.1 Å². The van der Waals surface area contributed by atoms with Crippen molar-refractivity contribution in [2.45, 2.75) is 38.8 Å². The van der Waals surface area contributed by atoms with Crippen molar-refractivity contribution in [2.24, 2.45) is 5.73 Å². The molecule has 0 aliphatic heterocycles. The molecule has 0 aliphatic rings. The Bertz CT molecular complexity index is 292. The first-order valence-electron chi connectivity index (χ1n) is 5.44. The normalized spacial score (nSPS) is 15.3. The molecule has 0 spiro atoms. The fourth-order valence-electron chi connectivity index (χ4n) is 1.52. The number of nitrogens with two attached hydrogens (primary N) is 1. The average Bonchev–Trinajstić information content (AvgIpc) is 2.27. The molecule has 0 radical (unpaired) electrons. The van der Waals surface area contributed by atoms with Crippen molar-refractivity contribution in [3.8, 4) is 0 Å². The summed E-state index contributed by atoms with van der Waals surface area (Å²) in [5.41, 5.74) is 8.53. The van der Waals surface area contributed by atoms with E-state index in [1.54, 1.807) is 7.11 Å². The third-order valence-electron chi connectivity index (χ3n) is 2.87. The first-order chi connectivity index (χ1) is 7.06. The van der Waals surface area contributed by atoms with Crippen molar-refractivity contribution in [1.29, 1.82) is 0 Å². The van der Waals surface area contributed by atoms with Crippen LogP contribution < -0.4 is 5.73 Å². The Hall–Kier alpha value is -0.860. The third-order valence-corrected chi connectivity index (χ3v) is 2.87. The number of methoxy groups -OCH3 is 1. The molecule has 2 heteroatoms. The lowest BCUT2D eigenvalue weighted by Crippen LogP contribution is -2.25. The minimum atomic E-state index is -0.0452. The predicted molar refractivity (Wildman–Crippen MR) is 63.9 cm³/mol. The van der Waals surface area contributed by atoms with E-state index < -0.39 is 0 Å². The molecule has 0 bridgehead atoms. The monoisotopic (exact) mass is 207 g/mol. The minimum Gasteiger partial charge on any atom is -0.380 e. The summed E-state index contributed by atoms with van der Waals surface area (Å²) in [6.07, 6.45) is 0.0508. The highest BCUT2D eigenvalue weighted by molar-refractivity contribution is 5.27. The van der Waals surface area contributed by atoms with Crippen molar-refractivity contribution in [3.63, 3.8) is 0 Å². The van der Waals surface area contributed by atoms with Crippen LogP contribution >= 0.6 is 0 Å². The van der Waals surface area contributed by atoms with Crippen LogP contribution in [0, 0.1) is 0 Å². The Balaban J connectivity index is 2.79. The molecule has 0 aromatic heterocycles. The van der Waals surface area contributed by atoms with Crippen LogP contribution in [-0.2, 0) is 4.74 Å². The van der Waals surface area contributed by atoms with Gasteiger partial charge >= 0.3 is 0 Å². The van der Waals surface area contributed by atoms with Gasteiger partial charge in [0, 0.05) is 7.11 Å². The molecule has 1 rings (SSSR count). The highest BCUT2D eigenvalue weighted by atomic mass is 16.5. The van der Waals surface area contributed by atoms with Crippen molar-refractivity contribution < 1.29 is 4.74 Å². The Morgan fingerprint density at radius 2 is 1.47 bits per heavy atom. The Morgan fingerprint density at radius 3 is 1.87 bits per heavy atom. The quantitative estimate of drug-likeness (QED) is 0.824. The van der Waals surface area contributed by atoms with Gasteiger partial charge in [0.15, 0.2) is 0 Å². The molecule has 84 valence electrons. The topological polar surface area (TPSA) is 35.2 Å². The fourth-order valence-corrected chi connectivity index (χ4v) is 1.52. The van der Waals surface area contributed by atoms with Gasteiger partial charge in [-0.05, 0) is 24.0 Å². The smallest absolute Gasteiger partial charge is 0.0735 e. The Labute approximate surface area is 92.4 Å². The summed E-state index contributed by atoms with van der Waals surface area (Å²) in [6.45, 7) is 6.36. The lowest BCUT2D eigenvalue weighted by Gasteiger charge is -2.19. The lowest BCUT2D eigenvalue weighted by atomic mass is 9.97. The van der Waals surface area contributed by atoms with E-state index in [-0.39, 0.29) is 12.1 Å². The number of hydrogen-bond acceptors (Lipinski definition) is 2. The third kappa shape index (κ3) is 3.05. The van der Waals surface area contributed by atoms with Crippen LogP contribution in [0.4, 0.5) is 0 Å². The summed E-state index contributed by atoms with van der Waals surface area (Å²) in [5, 5.41) is 0. The molecule has 0 saturated heterocycles. The predicted octanol–water partition coefficient (Wildman–Crippen LogP) is 2.84. The maximum Gasteiger partial charge on any atom is 0.0735 e. The second kappa shape index (κ2) is 5.29. The number of ether oxygens (including phenoxy) is 1. The number of rotatable bonds is 4. The van der Waals surface area contributed by atoms with Crippen LogP contribution in [0.1, 0.15) is 43.9 Å². The van der Waals surface area contributed by atoms with Crippen LogP contribution in [0.2, 0.25) is 0 Å². The SMILES string of the molecule is COC(C)C(N)c1ccc(C(C)C)cc1. The van der Waals surface area contributed by atoms with Crippen molar-refractivity contribution in [1.82, 2.24) is 0 Å². The molecule has 0 fully saturated rings. The summed E-state index contributed by atoms with van der Waals surface area (Å²) >= 11 is 0. The standard InChI is InChI=1S/C13H21NO/c1-9(2)11-5-7-12(8-6-11)13(14)10(3)15-4/h5-10,13H,14H2,1-4H3. The van der Waals surface area contributed by atoms with Crippen LogP contribution in [0.15, 0.2) is 24.3 Å². The lowest BCUT2D eigenvalue weighted by molar-refractivity contribution is 0.0956. The average molecular weight is 207 g/mol. The second-order valence-corrected chi connectivity index (χ2v) is 4.29. The number of hydrogen-bond donors (Lipinski definition) is 1. The molecule has 2 unspecified atom stereocenters. The summed E-state index contributed by atoms with van der Waals surface area (Å²) < 4.78 is 5.22. The van der Waals surface area contributed by atoms with Gasteiger partial charge in [-0.3, -0.25) is 0 Å². The van der Waals surface area contributed by atoms with Crippen molar-refractivity contribution in [3.05, 3.63) is 35.4 Å². The fraction of sp³-hybridized carbons (Fsp3) is 0.538. The first kappa shape index (κ1) is 12.2. The molecule has 2 N–H and O–H groups in total. The Morgan fingerprint density at radius 1 is 1.00 bits per heavy atom. The molecule has 0 amide bonds. The van der Waals surface area contributed by atoms with Gasteiger partial charge in [0.2, 0.25) is 0 Å². The molecule has 0 heterocycles. The molecular weight excluding hydrogens is 186 g/mol. The maximum absolute atomic E-state index is 6.05. The molecule has 0 saturated carbocycles. The summed E-state index contributed by atoms with van der Waals surface area (Å²) in [4.78, 5) is 0. The van der Waals surface area contributed by atoms with Gasteiger partial charge in [0.1, 0.15) is 0 Å². The van der Waals surface area contributed by atoms with E-state index in [4.69, 9.17) is 10.5 Å². The van der Waals surface area contributed by atoms with Gasteiger partial charge in [0.05, 0.1) is 12.1 Å². The van der Waals surface area contributed by atoms with E-state index in [0.29, 0.717) is 5.92 Å². The molecule has 1 aromatic carbocycles. The molecular formula is C13H21NO. The summed E-state index contributed by atoms with van der Waals surface area (Å²) in [5.74, 6) is 0.565. The molecule has 2 nitrogen and oxygen atoms in total.